The van der Waals surface area contributed by atoms with Crippen LogP contribution in [0.5, 0.6) is 5.75 Å². The van der Waals surface area contributed by atoms with Crippen LogP contribution in [0.15, 0.2) is 59.4 Å². The Balaban J connectivity index is 1.50. The summed E-state index contributed by atoms with van der Waals surface area (Å²) >= 11 is 0. The minimum Gasteiger partial charge on any atom is -0.497 e. The predicted octanol–water partition coefficient (Wildman–Crippen LogP) is 2.84. The summed E-state index contributed by atoms with van der Waals surface area (Å²) < 4.78 is 10.6. The van der Waals surface area contributed by atoms with Crippen LogP contribution in [-0.2, 0) is 17.8 Å². The molecular weight excluding hydrogens is 392 g/mol. The Kier molecular flexibility index (Phi) is 6.52. The molecular formula is C24H28N4O3. The smallest absolute Gasteiger partial charge is 0.256 e. The maximum Gasteiger partial charge on any atom is 0.256 e. The van der Waals surface area contributed by atoms with Crippen molar-refractivity contribution in [3.05, 3.63) is 81.8 Å². The molecule has 7 nitrogen and oxygen atoms in total. The van der Waals surface area contributed by atoms with Gasteiger partial charge in [-0.2, -0.15) is 0 Å². The van der Waals surface area contributed by atoms with Gasteiger partial charge in [-0.3, -0.25) is 9.78 Å². The highest BCUT2D eigenvalue weighted by Gasteiger charge is 2.21. The van der Waals surface area contributed by atoms with Crippen molar-refractivity contribution in [2.75, 3.05) is 50.2 Å². The van der Waals surface area contributed by atoms with Gasteiger partial charge in [0.05, 0.1) is 19.4 Å². The van der Waals surface area contributed by atoms with Crippen molar-refractivity contribution in [3.63, 3.8) is 0 Å². The third-order valence-corrected chi connectivity index (χ3v) is 5.61. The molecule has 7 heteroatoms. The Hall–Kier alpha value is -3.32. The zero-order chi connectivity index (χ0) is 21.6. The first-order chi connectivity index (χ1) is 15.2. The van der Waals surface area contributed by atoms with Gasteiger partial charge >= 0.3 is 0 Å². The highest BCUT2D eigenvalue weighted by atomic mass is 16.5. The lowest BCUT2D eigenvalue weighted by Crippen LogP contribution is -2.47. The van der Waals surface area contributed by atoms with Gasteiger partial charge in [-0.05, 0) is 29.8 Å². The van der Waals surface area contributed by atoms with Crippen LogP contribution in [0.25, 0.3) is 0 Å². The second-order valence-corrected chi connectivity index (χ2v) is 7.58. The van der Waals surface area contributed by atoms with Crippen LogP contribution in [0, 0.1) is 0 Å². The van der Waals surface area contributed by atoms with E-state index in [0.29, 0.717) is 30.2 Å². The van der Waals surface area contributed by atoms with E-state index in [1.54, 1.807) is 14.2 Å². The summed E-state index contributed by atoms with van der Waals surface area (Å²) in [5.74, 6) is 1.47. The Morgan fingerprint density at radius 1 is 0.935 bits per heavy atom. The molecule has 162 valence electrons. The quantitative estimate of drug-likeness (QED) is 0.634. The normalized spacial score (nSPS) is 14.0. The van der Waals surface area contributed by atoms with E-state index in [1.165, 1.54) is 5.69 Å². The second kappa shape index (κ2) is 9.66. The number of aromatic amines is 1. The number of aromatic nitrogens is 2. The maximum atomic E-state index is 12.9. The van der Waals surface area contributed by atoms with Crippen LogP contribution in [0.4, 0.5) is 11.6 Å². The van der Waals surface area contributed by atoms with E-state index in [9.17, 15) is 4.79 Å². The largest absolute Gasteiger partial charge is 0.497 e. The Morgan fingerprint density at radius 3 is 2.26 bits per heavy atom. The van der Waals surface area contributed by atoms with E-state index in [2.05, 4.69) is 26.9 Å². The number of nitrogens with one attached hydrogen (secondary N) is 1. The number of benzene rings is 2. The van der Waals surface area contributed by atoms with Gasteiger partial charge in [0.1, 0.15) is 5.75 Å². The minimum atomic E-state index is -0.0986. The molecule has 0 spiro atoms. The number of rotatable bonds is 7. The van der Waals surface area contributed by atoms with E-state index >= 15 is 0 Å². The molecule has 0 radical (unpaired) electrons. The SMILES string of the molecule is COCc1nc(N2CCN(c3ccc(OC)cc3)CC2)[nH]c(=O)c1Cc1ccccc1. The Morgan fingerprint density at radius 2 is 1.61 bits per heavy atom. The molecule has 1 aromatic heterocycles. The first-order valence-corrected chi connectivity index (χ1v) is 10.5. The summed E-state index contributed by atoms with van der Waals surface area (Å²) in [6.07, 6.45) is 0.535. The average molecular weight is 421 g/mol. The molecule has 3 aromatic rings. The fourth-order valence-electron chi connectivity index (χ4n) is 3.89. The van der Waals surface area contributed by atoms with Gasteiger partial charge in [-0.25, -0.2) is 4.98 Å². The molecule has 1 aliphatic rings. The van der Waals surface area contributed by atoms with E-state index in [-0.39, 0.29) is 5.56 Å². The van der Waals surface area contributed by atoms with Crippen molar-refractivity contribution in [1.82, 2.24) is 9.97 Å². The molecule has 0 aliphatic carbocycles. The Labute approximate surface area is 182 Å². The van der Waals surface area contributed by atoms with Gasteiger partial charge in [0.2, 0.25) is 5.95 Å². The molecule has 0 saturated carbocycles. The van der Waals surface area contributed by atoms with Crippen molar-refractivity contribution in [2.24, 2.45) is 0 Å². The summed E-state index contributed by atoms with van der Waals surface area (Å²) in [5, 5.41) is 0. The number of H-pyrrole nitrogens is 1. The summed E-state index contributed by atoms with van der Waals surface area (Å²) in [6, 6.07) is 18.1. The van der Waals surface area contributed by atoms with Gasteiger partial charge < -0.3 is 19.3 Å². The van der Waals surface area contributed by atoms with E-state index < -0.39 is 0 Å². The fraction of sp³-hybridized carbons (Fsp3) is 0.333. The van der Waals surface area contributed by atoms with E-state index in [1.807, 2.05) is 42.5 Å². The molecule has 4 rings (SSSR count). The molecule has 0 unspecified atom stereocenters. The molecule has 0 amide bonds. The van der Waals surface area contributed by atoms with Gasteiger partial charge in [0, 0.05) is 51.0 Å². The van der Waals surface area contributed by atoms with Gasteiger partial charge in [0.15, 0.2) is 0 Å². The molecule has 1 N–H and O–H groups in total. The number of hydrogen-bond donors (Lipinski definition) is 1. The predicted molar refractivity (Wildman–Crippen MR) is 122 cm³/mol. The number of anilines is 2. The first kappa shape index (κ1) is 20.9. The van der Waals surface area contributed by atoms with Crippen LogP contribution in [0.2, 0.25) is 0 Å². The number of methoxy groups -OCH3 is 2. The van der Waals surface area contributed by atoms with Gasteiger partial charge in [0.25, 0.3) is 5.56 Å². The van der Waals surface area contributed by atoms with Crippen molar-refractivity contribution >= 4 is 11.6 Å². The summed E-state index contributed by atoms with van der Waals surface area (Å²) in [7, 11) is 3.30. The molecule has 2 heterocycles. The van der Waals surface area contributed by atoms with Crippen LogP contribution >= 0.6 is 0 Å². The first-order valence-electron chi connectivity index (χ1n) is 10.5. The van der Waals surface area contributed by atoms with Crippen LogP contribution in [-0.4, -0.2) is 50.4 Å². The summed E-state index contributed by atoms with van der Waals surface area (Å²) in [6.45, 7) is 3.56. The topological polar surface area (TPSA) is 70.7 Å². The third-order valence-electron chi connectivity index (χ3n) is 5.61. The molecule has 1 saturated heterocycles. The van der Waals surface area contributed by atoms with Gasteiger partial charge in [-0.15, -0.1) is 0 Å². The maximum absolute atomic E-state index is 12.9. The van der Waals surface area contributed by atoms with Crippen molar-refractivity contribution in [3.8, 4) is 5.75 Å². The van der Waals surface area contributed by atoms with Crippen LogP contribution in [0.3, 0.4) is 0 Å². The molecule has 31 heavy (non-hydrogen) atoms. The standard InChI is InChI=1S/C24H28N4O3/c1-30-17-22-21(16-18-6-4-3-5-7-18)23(29)26-24(25-22)28-14-12-27(13-15-28)19-8-10-20(31-2)11-9-19/h3-11H,12-17H2,1-2H3,(H,25,26,29). The van der Waals surface area contributed by atoms with E-state index in [0.717, 1.165) is 37.5 Å². The third kappa shape index (κ3) is 4.88. The monoisotopic (exact) mass is 420 g/mol. The minimum absolute atomic E-state index is 0.0986. The lowest BCUT2D eigenvalue weighted by atomic mass is 10.0. The number of nitrogens with zero attached hydrogens (tertiary/aromatic N) is 3. The average Bonchev–Trinajstić information content (AvgIpc) is 2.82. The molecule has 1 aliphatic heterocycles. The molecule has 0 atom stereocenters. The second-order valence-electron chi connectivity index (χ2n) is 7.58. The lowest BCUT2D eigenvalue weighted by Gasteiger charge is -2.36. The number of ether oxygens (including phenoxy) is 2. The van der Waals surface area contributed by atoms with Crippen molar-refractivity contribution in [2.45, 2.75) is 13.0 Å². The van der Waals surface area contributed by atoms with Crippen molar-refractivity contribution < 1.29 is 9.47 Å². The van der Waals surface area contributed by atoms with Crippen molar-refractivity contribution in [1.29, 1.82) is 0 Å². The fourth-order valence-corrected chi connectivity index (χ4v) is 3.89. The number of piperazine rings is 1. The van der Waals surface area contributed by atoms with Crippen LogP contribution < -0.4 is 20.1 Å². The Bertz CT molecular complexity index is 1040. The summed E-state index contributed by atoms with van der Waals surface area (Å²) in [4.78, 5) is 25.2. The molecule has 0 bridgehead atoms. The highest BCUT2D eigenvalue weighted by Crippen LogP contribution is 2.22. The number of hydrogen-bond acceptors (Lipinski definition) is 6. The molecule has 1 fully saturated rings. The zero-order valence-corrected chi connectivity index (χ0v) is 18.0. The lowest BCUT2D eigenvalue weighted by molar-refractivity contribution is 0.180. The van der Waals surface area contributed by atoms with Gasteiger partial charge in [-0.1, -0.05) is 30.3 Å². The molecule has 2 aromatic carbocycles. The summed E-state index contributed by atoms with van der Waals surface area (Å²) in [5.41, 5.74) is 3.50. The van der Waals surface area contributed by atoms with Crippen LogP contribution in [0.1, 0.15) is 16.8 Å². The zero-order valence-electron chi connectivity index (χ0n) is 18.0. The highest BCUT2D eigenvalue weighted by molar-refractivity contribution is 5.51. The van der Waals surface area contributed by atoms with E-state index in [4.69, 9.17) is 14.5 Å².